The number of allylic oxidation sites excluding steroid dienone is 1. The second-order valence-corrected chi connectivity index (χ2v) is 21.1. The number of likely N-dealkylation sites (tertiary alicyclic amines) is 1. The van der Waals surface area contributed by atoms with E-state index in [1.165, 1.54) is 28.4 Å². The first-order valence-corrected chi connectivity index (χ1v) is 22.0. The molecule has 2 heterocycles. The van der Waals surface area contributed by atoms with Gasteiger partial charge in [0.05, 0.1) is 37.7 Å². The van der Waals surface area contributed by atoms with Gasteiger partial charge in [-0.25, -0.2) is 4.39 Å². The number of carbonyl (C=O) groups is 2. The monoisotopic (exact) mass is 781 g/mol. The SMILES string of the molecule is CCC/C(=C\c1ccc(O)c(F)c1)CC[C@@H](O)C1=C(CO[Si](c2ccccc2)(c2ccccc2)C(C)(C)C)C[C@H]2C(=O)N(Cc3cccs3)C(=O)[C@H]2[C@H]1CO. The van der Waals surface area contributed by atoms with E-state index in [2.05, 4.69) is 52.0 Å². The van der Waals surface area contributed by atoms with Crippen LogP contribution in [0.25, 0.3) is 6.08 Å². The normalized spacial score (nSPS) is 19.9. The lowest BCUT2D eigenvalue weighted by Gasteiger charge is -2.44. The number of phenols is 1. The van der Waals surface area contributed by atoms with Gasteiger partial charge in [-0.3, -0.25) is 14.5 Å². The number of aromatic hydroxyl groups is 1. The Labute approximate surface area is 328 Å². The summed E-state index contributed by atoms with van der Waals surface area (Å²) in [5.41, 5.74) is 2.94. The third-order valence-corrected chi connectivity index (χ3v) is 17.1. The van der Waals surface area contributed by atoms with Crippen molar-refractivity contribution in [3.05, 3.63) is 129 Å². The summed E-state index contributed by atoms with van der Waals surface area (Å²) in [7, 11) is -3.05. The van der Waals surface area contributed by atoms with Crippen LogP contribution in [-0.2, 0) is 20.6 Å². The van der Waals surface area contributed by atoms with E-state index in [0.717, 1.165) is 39.2 Å². The fraction of sp³-hybridized carbons (Fsp3) is 0.378. The summed E-state index contributed by atoms with van der Waals surface area (Å²) in [6, 6.07) is 28.6. The lowest BCUT2D eigenvalue weighted by molar-refractivity contribution is -0.140. The number of phenolic OH excluding ortho intramolecular Hbond substituents is 1. The van der Waals surface area contributed by atoms with Crippen LogP contribution in [-0.4, -0.2) is 59.7 Å². The molecule has 2 amide bonds. The molecule has 4 atom stereocenters. The van der Waals surface area contributed by atoms with Crippen LogP contribution >= 0.6 is 11.3 Å². The van der Waals surface area contributed by atoms with Gasteiger partial charge >= 0.3 is 0 Å². The van der Waals surface area contributed by atoms with Crippen molar-refractivity contribution in [1.29, 1.82) is 0 Å². The van der Waals surface area contributed by atoms with Gasteiger partial charge in [-0.1, -0.05) is 119 Å². The van der Waals surface area contributed by atoms with Gasteiger partial charge in [0.1, 0.15) is 0 Å². The lowest BCUT2D eigenvalue weighted by Crippen LogP contribution is -2.66. The number of amides is 2. The van der Waals surface area contributed by atoms with E-state index in [9.17, 15) is 29.3 Å². The van der Waals surface area contributed by atoms with E-state index in [0.29, 0.717) is 24.0 Å². The number of hydrogen-bond donors (Lipinski definition) is 3. The van der Waals surface area contributed by atoms with E-state index in [1.807, 2.05) is 60.0 Å². The van der Waals surface area contributed by atoms with Crippen LogP contribution in [0.2, 0.25) is 5.04 Å². The van der Waals surface area contributed by atoms with Crippen LogP contribution in [0.15, 0.2) is 113 Å². The summed E-state index contributed by atoms with van der Waals surface area (Å²) in [4.78, 5) is 30.5. The lowest BCUT2D eigenvalue weighted by atomic mass is 9.68. The first-order chi connectivity index (χ1) is 26.4. The molecular formula is C45H52FNO6SSi. The highest BCUT2D eigenvalue weighted by molar-refractivity contribution is 7.09. The zero-order chi connectivity index (χ0) is 39.3. The Balaban J connectivity index is 1.40. The van der Waals surface area contributed by atoms with E-state index in [4.69, 9.17) is 4.43 Å². The quantitative estimate of drug-likeness (QED) is 0.0652. The van der Waals surface area contributed by atoms with Gasteiger partial charge < -0.3 is 19.7 Å². The smallest absolute Gasteiger partial charge is 0.261 e. The third kappa shape index (κ3) is 8.34. The predicted octanol–water partition coefficient (Wildman–Crippen LogP) is 7.60. The number of imide groups is 1. The molecule has 2 aliphatic rings. The van der Waals surface area contributed by atoms with Crippen molar-refractivity contribution < 1.29 is 33.7 Å². The van der Waals surface area contributed by atoms with Crippen molar-refractivity contribution in [3.8, 4) is 5.75 Å². The van der Waals surface area contributed by atoms with Crippen LogP contribution in [0, 0.1) is 23.6 Å². The molecule has 10 heteroatoms. The molecule has 6 rings (SSSR count). The van der Waals surface area contributed by atoms with Crippen molar-refractivity contribution >= 4 is 47.9 Å². The molecule has 4 aromatic rings. The highest BCUT2D eigenvalue weighted by atomic mass is 32.1. The number of aliphatic hydroxyl groups is 2. The number of thiophene rings is 1. The zero-order valence-corrected chi connectivity index (χ0v) is 33.9. The van der Waals surface area contributed by atoms with E-state index in [-0.39, 0.29) is 36.4 Å². The van der Waals surface area contributed by atoms with Gasteiger partial charge in [-0.2, -0.15) is 0 Å². The number of aliphatic hydroxyl groups excluding tert-OH is 2. The van der Waals surface area contributed by atoms with E-state index >= 15 is 0 Å². The Morgan fingerprint density at radius 3 is 2.22 bits per heavy atom. The largest absolute Gasteiger partial charge is 0.505 e. The first-order valence-electron chi connectivity index (χ1n) is 19.2. The van der Waals surface area contributed by atoms with Crippen molar-refractivity contribution in [2.45, 2.75) is 77.5 Å². The molecule has 1 aliphatic carbocycles. The van der Waals surface area contributed by atoms with Gasteiger partial charge in [0.15, 0.2) is 11.6 Å². The average Bonchev–Trinajstić information content (AvgIpc) is 3.78. The Morgan fingerprint density at radius 1 is 0.982 bits per heavy atom. The molecule has 290 valence electrons. The summed E-state index contributed by atoms with van der Waals surface area (Å²) < 4.78 is 21.6. The molecule has 0 radical (unpaired) electrons. The third-order valence-electron chi connectivity index (χ3n) is 11.3. The van der Waals surface area contributed by atoms with Crippen LogP contribution in [0.4, 0.5) is 4.39 Å². The Hall–Kier alpha value is -4.19. The average molecular weight is 782 g/mol. The molecule has 0 spiro atoms. The predicted molar refractivity (Wildman–Crippen MR) is 219 cm³/mol. The second kappa shape index (κ2) is 17.3. The number of benzene rings is 3. The molecule has 55 heavy (non-hydrogen) atoms. The van der Waals surface area contributed by atoms with E-state index < -0.39 is 50.3 Å². The molecular weight excluding hydrogens is 730 g/mol. The van der Waals surface area contributed by atoms with Gasteiger partial charge in [-0.05, 0) is 81.4 Å². The minimum Gasteiger partial charge on any atom is -0.505 e. The summed E-state index contributed by atoms with van der Waals surface area (Å²) in [6.45, 7) is 8.52. The number of fused-ring (bicyclic) bond motifs is 1. The Kier molecular flexibility index (Phi) is 12.7. The maximum Gasteiger partial charge on any atom is 0.261 e. The van der Waals surface area contributed by atoms with Crippen molar-refractivity contribution in [2.24, 2.45) is 17.8 Å². The van der Waals surface area contributed by atoms with Gasteiger partial charge in [0.25, 0.3) is 8.32 Å². The molecule has 1 aromatic heterocycles. The summed E-state index contributed by atoms with van der Waals surface area (Å²) in [6.07, 6.45) is 3.41. The highest BCUT2D eigenvalue weighted by Crippen LogP contribution is 2.48. The number of nitrogens with zero attached hydrogens (tertiary/aromatic N) is 1. The van der Waals surface area contributed by atoms with Crippen LogP contribution in [0.3, 0.4) is 0 Å². The first kappa shape index (κ1) is 40.5. The van der Waals surface area contributed by atoms with Crippen LogP contribution in [0.1, 0.15) is 70.2 Å². The zero-order valence-electron chi connectivity index (χ0n) is 32.1. The topological polar surface area (TPSA) is 107 Å². The molecule has 1 saturated heterocycles. The highest BCUT2D eigenvalue weighted by Gasteiger charge is 2.56. The molecule has 1 fully saturated rings. The minimum atomic E-state index is -3.05. The molecule has 3 N–H and O–H groups in total. The van der Waals surface area contributed by atoms with Crippen molar-refractivity contribution in [3.63, 3.8) is 0 Å². The molecule has 1 aliphatic heterocycles. The molecule has 0 unspecified atom stereocenters. The number of carbonyl (C=O) groups excluding carboxylic acids is 2. The molecule has 0 saturated carbocycles. The maximum atomic E-state index is 14.2. The summed E-state index contributed by atoms with van der Waals surface area (Å²) in [5.74, 6) is -3.95. The fourth-order valence-electron chi connectivity index (χ4n) is 8.74. The van der Waals surface area contributed by atoms with Crippen LogP contribution in [0.5, 0.6) is 5.75 Å². The maximum absolute atomic E-state index is 14.2. The van der Waals surface area contributed by atoms with Gasteiger partial charge in [0.2, 0.25) is 11.8 Å². The standard InChI is InChI=1S/C45H52FNO6SSi/c1-5-13-30(24-31-20-21-39(49)38(46)25-31)19-22-40(50)41-32(26-36-42(37(41)28-48)44(52)47(43(36)51)27-33-14-12-23-54-33)29-53-55(45(2,3)4,34-15-8-6-9-16-34)35-17-10-7-11-18-35/h6-12,14-18,20-21,23-25,36-37,40,42,48-50H,5,13,19,22,26-29H2,1-4H3/b30-24+/t36-,37+,40-,42-/m1/s1. The Bertz CT molecular complexity index is 1970. The minimum absolute atomic E-state index is 0.121. The number of halogens is 1. The molecule has 0 bridgehead atoms. The molecule has 7 nitrogen and oxygen atoms in total. The van der Waals surface area contributed by atoms with Gasteiger partial charge in [0, 0.05) is 10.8 Å². The second-order valence-electron chi connectivity index (χ2n) is 15.8. The number of hydrogen-bond acceptors (Lipinski definition) is 7. The summed E-state index contributed by atoms with van der Waals surface area (Å²) in [5, 5.41) is 36.8. The van der Waals surface area contributed by atoms with Crippen molar-refractivity contribution in [1.82, 2.24) is 4.90 Å². The molecule has 3 aromatic carbocycles. The van der Waals surface area contributed by atoms with E-state index in [1.54, 1.807) is 6.07 Å². The number of rotatable bonds is 15. The fourth-order valence-corrected chi connectivity index (χ4v) is 14.0. The van der Waals surface area contributed by atoms with Gasteiger partial charge in [-0.15, -0.1) is 11.3 Å². The Morgan fingerprint density at radius 2 is 1.65 bits per heavy atom. The van der Waals surface area contributed by atoms with Crippen molar-refractivity contribution in [2.75, 3.05) is 13.2 Å². The summed E-state index contributed by atoms with van der Waals surface area (Å²) >= 11 is 1.48. The van der Waals surface area contributed by atoms with Crippen LogP contribution < -0.4 is 10.4 Å².